The van der Waals surface area contributed by atoms with Crippen molar-refractivity contribution in [2.75, 3.05) is 20.3 Å². The zero-order valence-electron chi connectivity index (χ0n) is 20.7. The van der Waals surface area contributed by atoms with Gasteiger partial charge in [0.05, 0.1) is 31.8 Å². The summed E-state index contributed by atoms with van der Waals surface area (Å²) in [6, 6.07) is 7.46. The lowest BCUT2D eigenvalue weighted by Crippen LogP contribution is -2.43. The topological polar surface area (TPSA) is 90.9 Å². The van der Waals surface area contributed by atoms with Crippen LogP contribution in [0.1, 0.15) is 64.9 Å². The molecule has 1 aromatic carbocycles. The van der Waals surface area contributed by atoms with Crippen molar-refractivity contribution in [1.82, 2.24) is 5.32 Å². The van der Waals surface area contributed by atoms with E-state index in [1.807, 2.05) is 45.0 Å². The van der Waals surface area contributed by atoms with E-state index < -0.39 is 23.8 Å². The molecule has 1 heterocycles. The molecule has 7 nitrogen and oxygen atoms in total. The van der Waals surface area contributed by atoms with Gasteiger partial charge in [0.15, 0.2) is 5.78 Å². The van der Waals surface area contributed by atoms with Crippen LogP contribution in [0.25, 0.3) is 0 Å². The monoisotopic (exact) mass is 469 g/mol. The summed E-state index contributed by atoms with van der Waals surface area (Å²) in [5.74, 6) is -2.61. The molecule has 0 aromatic heterocycles. The fourth-order valence-corrected chi connectivity index (χ4v) is 4.71. The summed E-state index contributed by atoms with van der Waals surface area (Å²) >= 11 is 0. The van der Waals surface area contributed by atoms with Crippen molar-refractivity contribution >= 4 is 17.7 Å². The molecule has 1 aromatic rings. The number of esters is 2. The summed E-state index contributed by atoms with van der Waals surface area (Å²) in [5, 5.41) is 3.28. The van der Waals surface area contributed by atoms with E-state index in [0.29, 0.717) is 47.6 Å². The van der Waals surface area contributed by atoms with Crippen LogP contribution in [0.2, 0.25) is 0 Å². The number of dihydropyridines is 1. The molecule has 0 unspecified atom stereocenters. The molecule has 1 N–H and O–H groups in total. The van der Waals surface area contributed by atoms with Crippen LogP contribution in [0.4, 0.5) is 0 Å². The van der Waals surface area contributed by atoms with E-state index in [0.717, 1.165) is 18.5 Å². The Balaban J connectivity index is 2.17. The molecule has 184 valence electrons. The Hall–Kier alpha value is -3.09. The highest BCUT2D eigenvalue weighted by molar-refractivity contribution is 6.12. The second kappa shape index (κ2) is 11.4. The van der Waals surface area contributed by atoms with E-state index in [4.69, 9.17) is 14.2 Å². The second-order valence-electron chi connectivity index (χ2n) is 8.91. The van der Waals surface area contributed by atoms with Crippen LogP contribution < -0.4 is 10.1 Å². The van der Waals surface area contributed by atoms with E-state index in [2.05, 4.69) is 12.2 Å². The maximum absolute atomic E-state index is 13.8. The van der Waals surface area contributed by atoms with Gasteiger partial charge in [0.1, 0.15) is 11.7 Å². The Kier molecular flexibility index (Phi) is 8.53. The minimum Gasteiger partial charge on any atom is -0.493 e. The number of ketones is 1. The van der Waals surface area contributed by atoms with Gasteiger partial charge in [-0.15, -0.1) is 0 Å². The highest BCUT2D eigenvalue weighted by atomic mass is 16.5. The lowest BCUT2D eigenvalue weighted by molar-refractivity contribution is -0.151. The lowest BCUT2D eigenvalue weighted by atomic mass is 9.69. The summed E-state index contributed by atoms with van der Waals surface area (Å²) < 4.78 is 16.6. The number of carbonyl (C=O) groups is 3. The van der Waals surface area contributed by atoms with E-state index >= 15 is 0 Å². The number of allylic oxidation sites excluding steroid dienone is 3. The normalized spacial score (nSPS) is 22.1. The number of rotatable bonds is 9. The van der Waals surface area contributed by atoms with E-state index in [-0.39, 0.29) is 18.3 Å². The van der Waals surface area contributed by atoms with Crippen molar-refractivity contribution in [3.05, 3.63) is 52.4 Å². The first-order valence-electron chi connectivity index (χ1n) is 12.1. The number of unbranched alkanes of at least 4 members (excludes halogenated alkanes) is 1. The predicted molar refractivity (Wildman–Crippen MR) is 128 cm³/mol. The number of benzene rings is 1. The average Bonchev–Trinajstić information content (AvgIpc) is 2.82. The van der Waals surface area contributed by atoms with Crippen molar-refractivity contribution in [2.24, 2.45) is 11.8 Å². The van der Waals surface area contributed by atoms with Gasteiger partial charge >= 0.3 is 11.9 Å². The standard InChI is InChI=1S/C27H35NO6/c1-6-8-14-33-20-12-10-9-11-18(20)23-22(27(31)34-13-7-2)17(4)28-19-15-16(3)21(26(30)32-5)25(29)24(19)23/h9-12,16,21,23,28H,6-8,13-15H2,1-5H3/t16-,21-,23-/m0/s1. The van der Waals surface area contributed by atoms with Gasteiger partial charge in [-0.1, -0.05) is 45.4 Å². The van der Waals surface area contributed by atoms with Gasteiger partial charge in [-0.25, -0.2) is 4.79 Å². The Morgan fingerprint density at radius 3 is 2.53 bits per heavy atom. The number of ether oxygens (including phenoxy) is 3. The smallest absolute Gasteiger partial charge is 0.336 e. The maximum Gasteiger partial charge on any atom is 0.336 e. The molecule has 3 rings (SSSR count). The predicted octanol–water partition coefficient (Wildman–Crippen LogP) is 4.43. The molecule has 0 bridgehead atoms. The Morgan fingerprint density at radius 1 is 1.12 bits per heavy atom. The van der Waals surface area contributed by atoms with Crippen molar-refractivity contribution < 1.29 is 28.6 Å². The molecule has 1 aliphatic heterocycles. The quantitative estimate of drug-likeness (QED) is 0.325. The first-order chi connectivity index (χ1) is 16.3. The number of hydrogen-bond acceptors (Lipinski definition) is 7. The molecule has 2 aliphatic rings. The molecular weight excluding hydrogens is 434 g/mol. The van der Waals surface area contributed by atoms with Gasteiger partial charge in [0, 0.05) is 22.5 Å². The molecule has 0 saturated heterocycles. The number of Topliss-reactive ketones (excluding diaryl/α,β-unsaturated/α-hetero) is 1. The number of para-hydroxylation sites is 1. The number of hydrogen-bond donors (Lipinski definition) is 1. The highest BCUT2D eigenvalue weighted by Crippen LogP contribution is 2.47. The number of methoxy groups -OCH3 is 1. The Labute approximate surface area is 201 Å². The third-order valence-electron chi connectivity index (χ3n) is 6.39. The molecule has 34 heavy (non-hydrogen) atoms. The van der Waals surface area contributed by atoms with E-state index in [9.17, 15) is 14.4 Å². The third-order valence-corrected chi connectivity index (χ3v) is 6.39. The minimum atomic E-state index is -0.924. The fourth-order valence-electron chi connectivity index (χ4n) is 4.71. The van der Waals surface area contributed by atoms with Gasteiger partial charge in [-0.05, 0) is 38.2 Å². The van der Waals surface area contributed by atoms with Crippen LogP contribution in [0.5, 0.6) is 5.75 Å². The van der Waals surface area contributed by atoms with Crippen molar-refractivity contribution in [1.29, 1.82) is 0 Å². The summed E-state index contributed by atoms with van der Waals surface area (Å²) in [5.41, 5.74) is 2.86. The second-order valence-corrected chi connectivity index (χ2v) is 8.91. The number of carbonyl (C=O) groups excluding carboxylic acids is 3. The van der Waals surface area contributed by atoms with Gasteiger partial charge in [-0.3, -0.25) is 9.59 Å². The minimum absolute atomic E-state index is 0.232. The third kappa shape index (κ3) is 5.03. The molecule has 0 radical (unpaired) electrons. The van der Waals surface area contributed by atoms with Crippen LogP contribution >= 0.6 is 0 Å². The first-order valence-corrected chi connectivity index (χ1v) is 12.1. The van der Waals surface area contributed by atoms with Crippen LogP contribution in [-0.4, -0.2) is 38.0 Å². The average molecular weight is 470 g/mol. The van der Waals surface area contributed by atoms with Crippen molar-refractivity contribution in [3.8, 4) is 5.75 Å². The Morgan fingerprint density at radius 2 is 1.85 bits per heavy atom. The number of nitrogens with one attached hydrogen (secondary N) is 1. The highest BCUT2D eigenvalue weighted by Gasteiger charge is 2.47. The van der Waals surface area contributed by atoms with Gasteiger partial charge < -0.3 is 19.5 Å². The fraction of sp³-hybridized carbons (Fsp3) is 0.519. The van der Waals surface area contributed by atoms with Gasteiger partial charge in [-0.2, -0.15) is 0 Å². The van der Waals surface area contributed by atoms with Crippen LogP contribution in [0.3, 0.4) is 0 Å². The molecule has 0 amide bonds. The lowest BCUT2D eigenvalue weighted by Gasteiger charge is -2.38. The van der Waals surface area contributed by atoms with Crippen LogP contribution in [0.15, 0.2) is 46.8 Å². The molecule has 7 heteroatoms. The van der Waals surface area contributed by atoms with Crippen LogP contribution in [-0.2, 0) is 23.9 Å². The van der Waals surface area contributed by atoms with Crippen LogP contribution in [0, 0.1) is 11.8 Å². The van der Waals surface area contributed by atoms with Crippen molar-refractivity contribution in [2.45, 2.75) is 59.3 Å². The SMILES string of the molecule is CCCCOc1ccccc1[C@H]1C(C(=O)OCCC)=C(C)NC2=C1C(=O)[C@@H](C(=O)OC)[C@@H](C)C2. The molecule has 0 spiro atoms. The summed E-state index contributed by atoms with van der Waals surface area (Å²) in [6.07, 6.45) is 3.04. The van der Waals surface area contributed by atoms with E-state index in [1.54, 1.807) is 0 Å². The zero-order valence-corrected chi connectivity index (χ0v) is 20.7. The van der Waals surface area contributed by atoms with Gasteiger partial charge in [0.25, 0.3) is 0 Å². The van der Waals surface area contributed by atoms with Gasteiger partial charge in [0.2, 0.25) is 0 Å². The molecular formula is C27H35NO6. The zero-order chi connectivity index (χ0) is 24.8. The molecule has 0 saturated carbocycles. The van der Waals surface area contributed by atoms with E-state index in [1.165, 1.54) is 7.11 Å². The summed E-state index contributed by atoms with van der Waals surface area (Å²) in [4.78, 5) is 39.6. The molecule has 0 fully saturated rings. The largest absolute Gasteiger partial charge is 0.493 e. The summed E-state index contributed by atoms with van der Waals surface area (Å²) in [7, 11) is 1.29. The molecule has 3 atom stereocenters. The molecule has 1 aliphatic carbocycles. The first kappa shape index (κ1) is 25.5. The van der Waals surface area contributed by atoms with Crippen molar-refractivity contribution in [3.63, 3.8) is 0 Å². The Bertz CT molecular complexity index is 1010. The summed E-state index contributed by atoms with van der Waals surface area (Å²) in [6.45, 7) is 8.50. The maximum atomic E-state index is 13.8.